The first-order valence-corrected chi connectivity index (χ1v) is 3.87. The van der Waals surface area contributed by atoms with Crippen molar-refractivity contribution in [3.05, 3.63) is 11.6 Å². The molecule has 0 aliphatic rings. The third-order valence-electron chi connectivity index (χ3n) is 1.38. The number of hydrogen-bond acceptors (Lipinski definition) is 2. The number of carbonyl (C=O) groups is 1. The fourth-order valence-corrected chi connectivity index (χ4v) is 0.818. The number of Topliss-reactive ketones (excluding diaryl/α,β-unsaturated/α-hetero) is 1. The van der Waals surface area contributed by atoms with Crippen LogP contribution in [0.2, 0.25) is 0 Å². The Bertz CT molecular complexity index is 180. The molecule has 2 heteroatoms. The van der Waals surface area contributed by atoms with E-state index in [1.807, 2.05) is 13.8 Å². The molecule has 0 aromatic rings. The predicted octanol–water partition coefficient (Wildman–Crippen LogP) is 2.00. The largest absolute Gasteiger partial charge is 0.296 e. The van der Waals surface area contributed by atoms with E-state index < -0.39 is 0 Å². The Morgan fingerprint density at radius 2 is 2.18 bits per heavy atom. The number of carbonyl (C=O) groups excluding carboxylic acids is 1. The van der Waals surface area contributed by atoms with Crippen LogP contribution in [-0.2, 0) is 4.79 Å². The highest BCUT2D eigenvalue weighted by Gasteiger charge is 2.02. The standard InChI is InChI=1S/C9H15NO/c1-4-6-9(11)8(5-2)7-10-3/h5,7H,4,6H2,1-3H3/b8-5+,10-7?. The smallest absolute Gasteiger partial charge is 0.164 e. The maximum absolute atomic E-state index is 11.2. The van der Waals surface area contributed by atoms with Crippen molar-refractivity contribution >= 4 is 12.0 Å². The Kier molecular flexibility index (Phi) is 5.35. The van der Waals surface area contributed by atoms with Crippen LogP contribution in [0.1, 0.15) is 26.7 Å². The maximum atomic E-state index is 11.2. The van der Waals surface area contributed by atoms with Crippen LogP contribution in [-0.4, -0.2) is 19.0 Å². The molecule has 0 spiro atoms. The van der Waals surface area contributed by atoms with Crippen LogP contribution in [0, 0.1) is 0 Å². The molecular weight excluding hydrogens is 138 g/mol. The first kappa shape index (κ1) is 10.1. The van der Waals surface area contributed by atoms with Crippen molar-refractivity contribution in [3.8, 4) is 0 Å². The van der Waals surface area contributed by atoms with Gasteiger partial charge in [0.25, 0.3) is 0 Å². The average Bonchev–Trinajstić information content (AvgIpc) is 2.00. The summed E-state index contributed by atoms with van der Waals surface area (Å²) in [6.45, 7) is 3.85. The van der Waals surface area contributed by atoms with E-state index in [4.69, 9.17) is 0 Å². The summed E-state index contributed by atoms with van der Waals surface area (Å²) in [6.07, 6.45) is 4.92. The fraction of sp³-hybridized carbons (Fsp3) is 0.556. The zero-order valence-corrected chi connectivity index (χ0v) is 7.42. The summed E-state index contributed by atoms with van der Waals surface area (Å²) in [5.41, 5.74) is 0.717. The molecule has 0 aliphatic carbocycles. The monoisotopic (exact) mass is 153 g/mol. The molecule has 2 nitrogen and oxygen atoms in total. The topological polar surface area (TPSA) is 29.4 Å². The van der Waals surface area contributed by atoms with Gasteiger partial charge in [-0.15, -0.1) is 0 Å². The molecule has 0 rings (SSSR count). The highest BCUT2D eigenvalue weighted by atomic mass is 16.1. The minimum Gasteiger partial charge on any atom is -0.296 e. The molecular formula is C9H15NO. The highest BCUT2D eigenvalue weighted by Crippen LogP contribution is 1.99. The number of allylic oxidation sites excluding steroid dienone is 2. The lowest BCUT2D eigenvalue weighted by atomic mass is 10.1. The third kappa shape index (κ3) is 3.71. The van der Waals surface area contributed by atoms with E-state index in [0.717, 1.165) is 6.42 Å². The van der Waals surface area contributed by atoms with Gasteiger partial charge in [-0.1, -0.05) is 13.0 Å². The van der Waals surface area contributed by atoms with Crippen LogP contribution in [0.4, 0.5) is 0 Å². The van der Waals surface area contributed by atoms with E-state index >= 15 is 0 Å². The van der Waals surface area contributed by atoms with Crippen molar-refractivity contribution < 1.29 is 4.79 Å². The molecule has 0 aromatic heterocycles. The SMILES string of the molecule is C/C=C(\C=NC)C(=O)CCC. The second kappa shape index (κ2) is 5.83. The van der Waals surface area contributed by atoms with Crippen LogP contribution in [0.25, 0.3) is 0 Å². The van der Waals surface area contributed by atoms with E-state index in [9.17, 15) is 4.79 Å². The highest BCUT2D eigenvalue weighted by molar-refractivity contribution is 6.13. The lowest BCUT2D eigenvalue weighted by Gasteiger charge is -1.96. The van der Waals surface area contributed by atoms with E-state index in [2.05, 4.69) is 4.99 Å². The van der Waals surface area contributed by atoms with Gasteiger partial charge < -0.3 is 0 Å². The van der Waals surface area contributed by atoms with E-state index in [1.165, 1.54) is 0 Å². The number of ketones is 1. The van der Waals surface area contributed by atoms with Crippen molar-refractivity contribution in [1.29, 1.82) is 0 Å². The Balaban J connectivity index is 4.16. The molecule has 0 bridgehead atoms. The maximum Gasteiger partial charge on any atom is 0.164 e. The van der Waals surface area contributed by atoms with Crippen molar-refractivity contribution in [1.82, 2.24) is 0 Å². The van der Waals surface area contributed by atoms with Gasteiger partial charge in [0, 0.05) is 25.3 Å². The summed E-state index contributed by atoms with van der Waals surface area (Å²) in [6, 6.07) is 0. The molecule has 62 valence electrons. The molecule has 0 aliphatic heterocycles. The molecule has 0 saturated heterocycles. The normalized spacial score (nSPS) is 12.5. The molecule has 0 N–H and O–H groups in total. The first-order chi connectivity index (χ1) is 5.26. The van der Waals surface area contributed by atoms with Gasteiger partial charge in [-0.3, -0.25) is 9.79 Å². The molecule has 0 aromatic carbocycles. The number of nitrogens with zero attached hydrogens (tertiary/aromatic N) is 1. The van der Waals surface area contributed by atoms with Crippen LogP contribution < -0.4 is 0 Å². The summed E-state index contributed by atoms with van der Waals surface area (Å²) in [5, 5.41) is 0. The fourth-order valence-electron chi connectivity index (χ4n) is 0.818. The number of hydrogen-bond donors (Lipinski definition) is 0. The molecule has 0 amide bonds. The third-order valence-corrected chi connectivity index (χ3v) is 1.38. The van der Waals surface area contributed by atoms with Crippen molar-refractivity contribution in [2.24, 2.45) is 4.99 Å². The average molecular weight is 153 g/mol. The summed E-state index contributed by atoms with van der Waals surface area (Å²) in [5.74, 6) is 0.181. The number of aliphatic imine (C=N–C) groups is 1. The van der Waals surface area contributed by atoms with Crippen LogP contribution in [0.15, 0.2) is 16.6 Å². The van der Waals surface area contributed by atoms with Gasteiger partial charge in [0.15, 0.2) is 5.78 Å². The van der Waals surface area contributed by atoms with E-state index in [-0.39, 0.29) is 5.78 Å². The molecule has 11 heavy (non-hydrogen) atoms. The molecule has 0 heterocycles. The van der Waals surface area contributed by atoms with Gasteiger partial charge >= 0.3 is 0 Å². The van der Waals surface area contributed by atoms with Gasteiger partial charge in [-0.05, 0) is 13.3 Å². The summed E-state index contributed by atoms with van der Waals surface area (Å²) >= 11 is 0. The second-order valence-corrected chi connectivity index (χ2v) is 2.30. The van der Waals surface area contributed by atoms with Crippen molar-refractivity contribution in [2.75, 3.05) is 7.05 Å². The summed E-state index contributed by atoms with van der Waals surface area (Å²) in [7, 11) is 1.67. The molecule has 0 fully saturated rings. The van der Waals surface area contributed by atoms with Gasteiger partial charge in [-0.2, -0.15) is 0 Å². The molecule has 0 unspecified atom stereocenters. The van der Waals surface area contributed by atoms with Crippen molar-refractivity contribution in [2.45, 2.75) is 26.7 Å². The Hall–Kier alpha value is -0.920. The second-order valence-electron chi connectivity index (χ2n) is 2.30. The number of rotatable bonds is 4. The van der Waals surface area contributed by atoms with Gasteiger partial charge in [0.05, 0.1) is 0 Å². The van der Waals surface area contributed by atoms with E-state index in [0.29, 0.717) is 12.0 Å². The molecule has 0 radical (unpaired) electrons. The van der Waals surface area contributed by atoms with Gasteiger partial charge in [0.2, 0.25) is 0 Å². The zero-order chi connectivity index (χ0) is 8.69. The Labute approximate surface area is 68.0 Å². The predicted molar refractivity (Wildman–Crippen MR) is 48.1 cm³/mol. The van der Waals surface area contributed by atoms with Crippen LogP contribution in [0.5, 0.6) is 0 Å². The van der Waals surface area contributed by atoms with Gasteiger partial charge in [-0.25, -0.2) is 0 Å². The first-order valence-electron chi connectivity index (χ1n) is 3.87. The Morgan fingerprint density at radius 3 is 2.55 bits per heavy atom. The minimum atomic E-state index is 0.181. The van der Waals surface area contributed by atoms with Gasteiger partial charge in [0.1, 0.15) is 0 Å². The lowest BCUT2D eigenvalue weighted by Crippen LogP contribution is -2.02. The Morgan fingerprint density at radius 1 is 1.55 bits per heavy atom. The van der Waals surface area contributed by atoms with Crippen LogP contribution in [0.3, 0.4) is 0 Å². The summed E-state index contributed by atoms with van der Waals surface area (Å²) in [4.78, 5) is 15.0. The zero-order valence-electron chi connectivity index (χ0n) is 7.42. The van der Waals surface area contributed by atoms with Crippen LogP contribution >= 0.6 is 0 Å². The van der Waals surface area contributed by atoms with E-state index in [1.54, 1.807) is 19.3 Å². The molecule has 0 saturated carbocycles. The quantitative estimate of drug-likeness (QED) is 0.448. The minimum absolute atomic E-state index is 0.181. The lowest BCUT2D eigenvalue weighted by molar-refractivity contribution is -0.115. The summed E-state index contributed by atoms with van der Waals surface area (Å²) < 4.78 is 0. The van der Waals surface area contributed by atoms with Crippen molar-refractivity contribution in [3.63, 3.8) is 0 Å². The molecule has 0 atom stereocenters.